The third-order valence-corrected chi connectivity index (χ3v) is 3.41. The maximum absolute atomic E-state index is 11.3. The molecule has 2 aromatic carbocycles. The summed E-state index contributed by atoms with van der Waals surface area (Å²) < 4.78 is 0. The van der Waals surface area contributed by atoms with Crippen LogP contribution in [0.3, 0.4) is 0 Å². The molecule has 0 amide bonds. The first-order chi connectivity index (χ1) is 9.67. The minimum atomic E-state index is -0.183. The van der Waals surface area contributed by atoms with E-state index in [0.717, 1.165) is 28.1 Å². The predicted octanol–water partition coefficient (Wildman–Crippen LogP) is 2.67. The van der Waals surface area contributed by atoms with Crippen LogP contribution in [0.25, 0.3) is 11.0 Å². The third kappa shape index (κ3) is 2.14. The van der Waals surface area contributed by atoms with Crippen molar-refractivity contribution in [2.45, 2.75) is 0 Å². The lowest BCUT2D eigenvalue weighted by atomic mass is 10.2. The summed E-state index contributed by atoms with van der Waals surface area (Å²) in [6.45, 7) is 0. The van der Waals surface area contributed by atoms with E-state index >= 15 is 0 Å². The lowest BCUT2D eigenvalue weighted by Gasteiger charge is -2.20. The number of rotatable bonds is 3. The minimum Gasteiger partial charge on any atom is -0.388 e. The summed E-state index contributed by atoms with van der Waals surface area (Å²) in [6, 6.07) is 14.0. The van der Waals surface area contributed by atoms with Gasteiger partial charge in [-0.05, 0) is 36.4 Å². The Bertz CT molecular complexity index is 803. The van der Waals surface area contributed by atoms with Crippen molar-refractivity contribution in [1.82, 2.24) is 9.97 Å². The van der Waals surface area contributed by atoms with Gasteiger partial charge in [-0.2, -0.15) is 0 Å². The Morgan fingerprint density at radius 3 is 2.55 bits per heavy atom. The highest BCUT2D eigenvalue weighted by Crippen LogP contribution is 2.27. The Labute approximate surface area is 116 Å². The fraction of sp³-hybridized carbons (Fsp3) is 0.133. The number of aromatic amines is 2. The number of H-pyrrole nitrogens is 2. The molecule has 3 rings (SSSR count). The van der Waals surface area contributed by atoms with Gasteiger partial charge in [0.15, 0.2) is 0 Å². The first-order valence-electron chi connectivity index (χ1n) is 6.41. The zero-order chi connectivity index (χ0) is 14.1. The number of aromatic nitrogens is 2. The SMILES string of the molecule is CNc1cccc(N(C)c2ccc3[nH]c(=O)[nH]c3c2)c1. The molecular weight excluding hydrogens is 252 g/mol. The fourth-order valence-corrected chi connectivity index (χ4v) is 2.25. The first kappa shape index (κ1) is 12.3. The molecule has 1 heterocycles. The molecule has 0 fully saturated rings. The Morgan fingerprint density at radius 2 is 1.75 bits per heavy atom. The van der Waals surface area contributed by atoms with Gasteiger partial charge in [0.1, 0.15) is 0 Å². The van der Waals surface area contributed by atoms with E-state index in [-0.39, 0.29) is 5.69 Å². The molecule has 0 spiro atoms. The van der Waals surface area contributed by atoms with Crippen LogP contribution in [0.15, 0.2) is 47.3 Å². The molecule has 0 aliphatic carbocycles. The maximum atomic E-state index is 11.3. The molecule has 20 heavy (non-hydrogen) atoms. The van der Waals surface area contributed by atoms with Gasteiger partial charge in [0.25, 0.3) is 0 Å². The van der Waals surface area contributed by atoms with E-state index in [9.17, 15) is 4.79 Å². The molecule has 0 bridgehead atoms. The smallest absolute Gasteiger partial charge is 0.323 e. The van der Waals surface area contributed by atoms with Gasteiger partial charge in [0.2, 0.25) is 0 Å². The van der Waals surface area contributed by atoms with Crippen molar-refractivity contribution in [3.05, 3.63) is 52.9 Å². The summed E-state index contributed by atoms with van der Waals surface area (Å²) in [4.78, 5) is 18.9. The quantitative estimate of drug-likeness (QED) is 0.684. The van der Waals surface area contributed by atoms with Crippen LogP contribution >= 0.6 is 0 Å². The molecule has 3 N–H and O–H groups in total. The van der Waals surface area contributed by atoms with E-state index < -0.39 is 0 Å². The van der Waals surface area contributed by atoms with E-state index in [4.69, 9.17) is 0 Å². The van der Waals surface area contributed by atoms with Crippen LogP contribution in [-0.2, 0) is 0 Å². The molecule has 3 aromatic rings. The molecule has 0 saturated carbocycles. The molecule has 0 atom stereocenters. The van der Waals surface area contributed by atoms with Gasteiger partial charge in [0, 0.05) is 31.2 Å². The normalized spacial score (nSPS) is 10.7. The molecular formula is C15H16N4O. The Kier molecular flexibility index (Phi) is 2.95. The van der Waals surface area contributed by atoms with Crippen LogP contribution in [0.4, 0.5) is 17.1 Å². The van der Waals surface area contributed by atoms with E-state index in [1.165, 1.54) is 0 Å². The van der Waals surface area contributed by atoms with Crippen LogP contribution in [0.5, 0.6) is 0 Å². The van der Waals surface area contributed by atoms with E-state index in [1.54, 1.807) is 0 Å². The molecule has 0 unspecified atom stereocenters. The molecule has 5 nitrogen and oxygen atoms in total. The molecule has 1 aromatic heterocycles. The summed E-state index contributed by atoms with van der Waals surface area (Å²) >= 11 is 0. The highest BCUT2D eigenvalue weighted by Gasteiger charge is 2.06. The second-order valence-corrected chi connectivity index (χ2v) is 4.67. The number of hydrogen-bond acceptors (Lipinski definition) is 3. The van der Waals surface area contributed by atoms with Crippen molar-refractivity contribution in [1.29, 1.82) is 0 Å². The Balaban J connectivity index is 2.02. The number of hydrogen-bond donors (Lipinski definition) is 3. The average Bonchev–Trinajstić information content (AvgIpc) is 2.85. The van der Waals surface area contributed by atoms with Crippen molar-refractivity contribution in [3.63, 3.8) is 0 Å². The van der Waals surface area contributed by atoms with Crippen molar-refractivity contribution < 1.29 is 0 Å². The summed E-state index contributed by atoms with van der Waals surface area (Å²) in [5.74, 6) is 0. The fourth-order valence-electron chi connectivity index (χ4n) is 2.25. The second-order valence-electron chi connectivity index (χ2n) is 4.67. The van der Waals surface area contributed by atoms with E-state index in [1.807, 2.05) is 50.5 Å². The number of nitrogens with one attached hydrogen (secondary N) is 3. The van der Waals surface area contributed by atoms with Gasteiger partial charge in [-0.15, -0.1) is 0 Å². The molecule has 5 heteroatoms. The van der Waals surface area contributed by atoms with Crippen LogP contribution in [0.1, 0.15) is 0 Å². The topological polar surface area (TPSA) is 63.9 Å². The van der Waals surface area contributed by atoms with Gasteiger partial charge in [-0.1, -0.05) is 6.07 Å². The largest absolute Gasteiger partial charge is 0.388 e. The third-order valence-electron chi connectivity index (χ3n) is 3.41. The van der Waals surface area contributed by atoms with E-state index in [0.29, 0.717) is 0 Å². The summed E-state index contributed by atoms with van der Waals surface area (Å²) in [5, 5.41) is 3.13. The zero-order valence-corrected chi connectivity index (χ0v) is 11.4. The van der Waals surface area contributed by atoms with Crippen LogP contribution in [0.2, 0.25) is 0 Å². The molecule has 0 radical (unpaired) electrons. The first-order valence-corrected chi connectivity index (χ1v) is 6.41. The Hall–Kier alpha value is -2.69. The second kappa shape index (κ2) is 4.77. The van der Waals surface area contributed by atoms with Crippen LogP contribution in [0, 0.1) is 0 Å². The number of benzene rings is 2. The standard InChI is InChI=1S/C15H16N4O/c1-16-10-4-3-5-11(8-10)19(2)12-6-7-13-14(9-12)18-15(20)17-13/h3-9,16H,1-2H3,(H2,17,18,20). The van der Waals surface area contributed by atoms with Gasteiger partial charge in [-0.3, -0.25) is 0 Å². The zero-order valence-electron chi connectivity index (χ0n) is 11.4. The lowest BCUT2D eigenvalue weighted by Crippen LogP contribution is -2.09. The van der Waals surface area contributed by atoms with Crippen LogP contribution in [-0.4, -0.2) is 24.1 Å². The van der Waals surface area contributed by atoms with Crippen molar-refractivity contribution in [2.75, 3.05) is 24.3 Å². The van der Waals surface area contributed by atoms with E-state index in [2.05, 4.69) is 26.3 Å². The van der Waals surface area contributed by atoms with Crippen molar-refractivity contribution in [3.8, 4) is 0 Å². The predicted molar refractivity (Wildman–Crippen MR) is 83.0 cm³/mol. The summed E-state index contributed by atoms with van der Waals surface area (Å²) in [6.07, 6.45) is 0. The monoisotopic (exact) mass is 268 g/mol. The number of imidazole rings is 1. The molecule has 0 aliphatic rings. The average molecular weight is 268 g/mol. The van der Waals surface area contributed by atoms with Crippen molar-refractivity contribution in [2.24, 2.45) is 0 Å². The van der Waals surface area contributed by atoms with Gasteiger partial charge in [0.05, 0.1) is 11.0 Å². The number of nitrogens with zero attached hydrogens (tertiary/aromatic N) is 1. The van der Waals surface area contributed by atoms with Gasteiger partial charge >= 0.3 is 5.69 Å². The lowest BCUT2D eigenvalue weighted by molar-refractivity contribution is 1.21. The Morgan fingerprint density at radius 1 is 1.00 bits per heavy atom. The summed E-state index contributed by atoms with van der Waals surface area (Å²) in [5.41, 5.74) is 4.60. The van der Waals surface area contributed by atoms with Crippen molar-refractivity contribution >= 4 is 28.1 Å². The molecule has 0 aliphatic heterocycles. The van der Waals surface area contributed by atoms with Crippen LogP contribution < -0.4 is 15.9 Å². The maximum Gasteiger partial charge on any atom is 0.323 e. The minimum absolute atomic E-state index is 0.183. The number of anilines is 3. The highest BCUT2D eigenvalue weighted by atomic mass is 16.1. The highest BCUT2D eigenvalue weighted by molar-refractivity contribution is 5.81. The summed E-state index contributed by atoms with van der Waals surface area (Å²) in [7, 11) is 3.90. The van der Waals surface area contributed by atoms with Gasteiger partial charge < -0.3 is 20.2 Å². The molecule has 0 saturated heterocycles. The van der Waals surface area contributed by atoms with Gasteiger partial charge in [-0.25, -0.2) is 4.79 Å². The number of fused-ring (bicyclic) bond motifs is 1. The molecule has 102 valence electrons.